The van der Waals surface area contributed by atoms with Gasteiger partial charge in [0.05, 0.1) is 5.69 Å². The molecule has 0 N–H and O–H groups in total. The number of rotatable bonds is 11. The number of allylic oxidation sites excluding steroid dienone is 1. The van der Waals surface area contributed by atoms with Gasteiger partial charge in [-0.3, -0.25) is 0 Å². The first kappa shape index (κ1) is 34.9. The molecule has 0 spiro atoms. The molecule has 0 amide bonds. The number of nitrogens with zero attached hydrogens (tertiary/aromatic N) is 2. The quantitative estimate of drug-likeness (QED) is 0.132. The molecule has 0 saturated heterocycles. The minimum absolute atomic E-state index is 1.08. The average Bonchev–Trinajstić information content (AvgIpc) is 3.26. The molecular formula is C53H42N2. The van der Waals surface area contributed by atoms with E-state index >= 15 is 0 Å². The Morgan fingerprint density at radius 3 is 1.07 bits per heavy atom. The molecule has 8 rings (SSSR count). The third kappa shape index (κ3) is 7.53. The van der Waals surface area contributed by atoms with Crippen LogP contribution in [0.25, 0.3) is 45.5 Å². The molecule has 0 aromatic heterocycles. The molecule has 2 nitrogen and oxygen atoms in total. The lowest BCUT2D eigenvalue weighted by atomic mass is 10.0. The summed E-state index contributed by atoms with van der Waals surface area (Å²) in [5.74, 6) is 0. The number of hydrogen-bond donors (Lipinski definition) is 0. The van der Waals surface area contributed by atoms with Crippen molar-refractivity contribution in [1.29, 1.82) is 0 Å². The van der Waals surface area contributed by atoms with Gasteiger partial charge in [0.25, 0.3) is 0 Å². The van der Waals surface area contributed by atoms with Crippen LogP contribution in [0.2, 0.25) is 0 Å². The van der Waals surface area contributed by atoms with E-state index in [1.807, 2.05) is 13.0 Å². The lowest BCUT2D eigenvalue weighted by Gasteiger charge is -2.28. The second-order valence-corrected chi connectivity index (χ2v) is 13.4. The Labute approximate surface area is 325 Å². The SMILES string of the molecule is C=Cc1c(/C=C\C)cccc1N(c1ccccc1)c1ccc(-c2ccc(N(c3ccc(-c4ccccc4)cc3)c3ccc(-c4ccccc4)cc3)cc2)cc1. The van der Waals surface area contributed by atoms with Crippen LogP contribution in [0.4, 0.5) is 34.1 Å². The fraction of sp³-hybridized carbons (Fsp3) is 0.0189. The molecule has 8 aromatic rings. The highest BCUT2D eigenvalue weighted by atomic mass is 15.1. The van der Waals surface area contributed by atoms with Crippen LogP contribution in [-0.2, 0) is 0 Å². The van der Waals surface area contributed by atoms with Crippen molar-refractivity contribution < 1.29 is 0 Å². The fourth-order valence-electron chi connectivity index (χ4n) is 7.24. The van der Waals surface area contributed by atoms with Crippen LogP contribution >= 0.6 is 0 Å². The van der Waals surface area contributed by atoms with E-state index in [0.717, 1.165) is 56.4 Å². The Balaban J connectivity index is 1.12. The van der Waals surface area contributed by atoms with Gasteiger partial charge in [-0.05, 0) is 113 Å². The van der Waals surface area contributed by atoms with Gasteiger partial charge in [-0.2, -0.15) is 0 Å². The fourth-order valence-corrected chi connectivity index (χ4v) is 7.24. The number of benzene rings is 8. The van der Waals surface area contributed by atoms with Gasteiger partial charge >= 0.3 is 0 Å². The number of anilines is 6. The van der Waals surface area contributed by atoms with Crippen LogP contribution in [0, 0.1) is 0 Å². The third-order valence-electron chi connectivity index (χ3n) is 9.97. The molecule has 0 aliphatic rings. The maximum absolute atomic E-state index is 4.18. The summed E-state index contributed by atoms with van der Waals surface area (Å²) in [6.07, 6.45) is 6.16. The molecule has 8 aromatic carbocycles. The second-order valence-electron chi connectivity index (χ2n) is 13.4. The number of hydrogen-bond acceptors (Lipinski definition) is 2. The Bertz CT molecular complexity index is 2420. The predicted octanol–water partition coefficient (Wildman–Crippen LogP) is 15.3. The molecule has 264 valence electrons. The molecule has 0 bridgehead atoms. The van der Waals surface area contributed by atoms with Gasteiger partial charge < -0.3 is 9.80 Å². The van der Waals surface area contributed by atoms with E-state index in [2.05, 4.69) is 235 Å². The Morgan fingerprint density at radius 2 is 0.691 bits per heavy atom. The molecule has 0 aliphatic heterocycles. The average molecular weight is 707 g/mol. The van der Waals surface area contributed by atoms with Crippen molar-refractivity contribution in [3.8, 4) is 33.4 Å². The molecule has 0 fully saturated rings. The van der Waals surface area contributed by atoms with Crippen LogP contribution in [0.3, 0.4) is 0 Å². The minimum Gasteiger partial charge on any atom is -0.311 e. The molecular weight excluding hydrogens is 665 g/mol. The zero-order valence-corrected chi connectivity index (χ0v) is 31.0. The molecule has 0 atom stereocenters. The summed E-state index contributed by atoms with van der Waals surface area (Å²) in [7, 11) is 0. The van der Waals surface area contributed by atoms with Crippen LogP contribution in [0.1, 0.15) is 18.1 Å². The number of para-hydroxylation sites is 1. The van der Waals surface area contributed by atoms with Crippen LogP contribution in [0.15, 0.2) is 219 Å². The van der Waals surface area contributed by atoms with E-state index in [1.165, 1.54) is 22.3 Å². The normalized spacial score (nSPS) is 11.0. The first-order chi connectivity index (χ1) is 27.2. The highest BCUT2D eigenvalue weighted by Gasteiger charge is 2.17. The van der Waals surface area contributed by atoms with Gasteiger partial charge in [0.2, 0.25) is 0 Å². The summed E-state index contributed by atoms with van der Waals surface area (Å²) in [6.45, 7) is 6.23. The predicted molar refractivity (Wildman–Crippen MR) is 237 cm³/mol. The topological polar surface area (TPSA) is 6.48 Å². The van der Waals surface area contributed by atoms with Crippen LogP contribution in [0.5, 0.6) is 0 Å². The van der Waals surface area contributed by atoms with Crippen molar-refractivity contribution in [2.24, 2.45) is 0 Å². The van der Waals surface area contributed by atoms with Crippen molar-refractivity contribution >= 4 is 46.3 Å². The Kier molecular flexibility index (Phi) is 10.3. The molecule has 0 radical (unpaired) electrons. The Hall–Kier alpha value is -7.16. The van der Waals surface area contributed by atoms with Crippen molar-refractivity contribution in [3.63, 3.8) is 0 Å². The summed E-state index contributed by atoms with van der Waals surface area (Å²) < 4.78 is 0. The molecule has 55 heavy (non-hydrogen) atoms. The van der Waals surface area contributed by atoms with Gasteiger partial charge in [0, 0.05) is 34.0 Å². The standard InChI is InChI=1S/C53H42N2/c1-3-15-46-20-14-23-53(52(46)4-2)55(47-21-12-7-13-22-47)51-38-30-45(31-39-51)44-28-36-50(37-29-44)54(48-32-24-42(25-33-48)40-16-8-5-9-17-40)49-34-26-43(27-35-49)41-18-10-6-11-19-41/h3-39H,2H2,1H3/b15-3-. The van der Waals surface area contributed by atoms with Crippen molar-refractivity contribution in [1.82, 2.24) is 0 Å². The third-order valence-corrected chi connectivity index (χ3v) is 9.97. The maximum atomic E-state index is 4.18. The van der Waals surface area contributed by atoms with Crippen LogP contribution in [-0.4, -0.2) is 0 Å². The van der Waals surface area contributed by atoms with Crippen molar-refractivity contribution in [3.05, 3.63) is 230 Å². The molecule has 0 unspecified atom stereocenters. The smallest absolute Gasteiger partial charge is 0.0539 e. The summed E-state index contributed by atoms with van der Waals surface area (Å²) >= 11 is 0. The molecule has 0 heterocycles. The van der Waals surface area contributed by atoms with Gasteiger partial charge in [-0.15, -0.1) is 0 Å². The molecule has 0 saturated carbocycles. The van der Waals surface area contributed by atoms with E-state index in [9.17, 15) is 0 Å². The van der Waals surface area contributed by atoms with Crippen LogP contribution < -0.4 is 9.80 Å². The highest BCUT2D eigenvalue weighted by molar-refractivity contribution is 5.87. The maximum Gasteiger partial charge on any atom is 0.0539 e. The monoisotopic (exact) mass is 706 g/mol. The lowest BCUT2D eigenvalue weighted by Crippen LogP contribution is -2.11. The van der Waals surface area contributed by atoms with E-state index < -0.39 is 0 Å². The largest absolute Gasteiger partial charge is 0.311 e. The van der Waals surface area contributed by atoms with E-state index in [0.29, 0.717) is 0 Å². The molecule has 0 aliphatic carbocycles. The van der Waals surface area contributed by atoms with Gasteiger partial charge in [-0.25, -0.2) is 0 Å². The first-order valence-corrected chi connectivity index (χ1v) is 18.7. The zero-order chi connectivity index (χ0) is 37.4. The summed E-state index contributed by atoms with van der Waals surface area (Å²) in [5.41, 5.74) is 15.9. The molecule has 2 heteroatoms. The van der Waals surface area contributed by atoms with Gasteiger partial charge in [-0.1, -0.05) is 164 Å². The van der Waals surface area contributed by atoms with E-state index in [1.54, 1.807) is 0 Å². The summed E-state index contributed by atoms with van der Waals surface area (Å²) in [4.78, 5) is 4.63. The summed E-state index contributed by atoms with van der Waals surface area (Å²) in [5, 5.41) is 0. The Morgan fingerprint density at radius 1 is 0.345 bits per heavy atom. The van der Waals surface area contributed by atoms with E-state index in [4.69, 9.17) is 0 Å². The van der Waals surface area contributed by atoms with Crippen molar-refractivity contribution in [2.45, 2.75) is 6.92 Å². The summed E-state index contributed by atoms with van der Waals surface area (Å²) in [6, 6.07) is 73.4. The first-order valence-electron chi connectivity index (χ1n) is 18.7. The van der Waals surface area contributed by atoms with E-state index in [-0.39, 0.29) is 0 Å². The lowest BCUT2D eigenvalue weighted by molar-refractivity contribution is 1.27. The van der Waals surface area contributed by atoms with Gasteiger partial charge in [0.15, 0.2) is 0 Å². The van der Waals surface area contributed by atoms with Gasteiger partial charge in [0.1, 0.15) is 0 Å². The minimum atomic E-state index is 1.08. The van der Waals surface area contributed by atoms with Crippen molar-refractivity contribution in [2.75, 3.05) is 9.80 Å². The zero-order valence-electron chi connectivity index (χ0n) is 31.0. The second kappa shape index (κ2) is 16.2. The highest BCUT2D eigenvalue weighted by Crippen LogP contribution is 2.41.